The van der Waals surface area contributed by atoms with Crippen molar-refractivity contribution in [3.05, 3.63) is 138 Å². The smallest absolute Gasteiger partial charge is 0.870 e. The summed E-state index contributed by atoms with van der Waals surface area (Å²) in [6.45, 7) is 3.10. The van der Waals surface area contributed by atoms with Gasteiger partial charge in [0.2, 0.25) is 0 Å². The maximum absolute atomic E-state index is 12.6. The number of hydrogen-bond acceptors (Lipinski definition) is 16. The Morgan fingerprint density at radius 1 is 0.726 bits per heavy atom. The van der Waals surface area contributed by atoms with Gasteiger partial charge >= 0.3 is 106 Å². The number of nitro benzene ring substituents is 2. The van der Waals surface area contributed by atoms with E-state index >= 15 is 0 Å². The molecule has 303 valence electrons. The molecule has 4 aromatic carbocycles. The number of aliphatic imine (C=N–C) groups is 2. The summed E-state index contributed by atoms with van der Waals surface area (Å²) in [7, 11) is -10.3. The van der Waals surface area contributed by atoms with Gasteiger partial charge < -0.3 is 19.9 Å². The SMILES string of the molecule is Cc1[nH]n(-c2ccccc2)c(=O)c1C=Nc1cc([N+](=O)[O-])cc(S(=O)(=O)O)c1[O-].Cc1nn(-c2ccccc2)c([O-])c1C=Nc1cc([N+](=O)[O-])cc(S(=O)(=O)[O-])c1[O-].[Cr+3].[Na+].[Na+].[Na+]. The summed E-state index contributed by atoms with van der Waals surface area (Å²) in [6.07, 6.45) is 1.95. The van der Waals surface area contributed by atoms with Gasteiger partial charge in [0.05, 0.1) is 53.6 Å². The zero-order chi connectivity index (χ0) is 42.7. The average Bonchev–Trinajstić information content (AvgIpc) is 3.61. The molecule has 2 heterocycles. The first-order chi connectivity index (χ1) is 27.2. The molecule has 62 heavy (non-hydrogen) atoms. The molecule has 0 aliphatic heterocycles. The first-order valence-corrected chi connectivity index (χ1v) is 18.7. The Bertz CT molecular complexity index is 2950. The summed E-state index contributed by atoms with van der Waals surface area (Å²) in [5.74, 6) is -3.10. The standard InChI is InChI=1S/2C17H14N4O7S.Cr.3Na/c2*1-10-13(17(23)20(19-10)11-5-3-2-4-6-11)9-18-14-7-12(21(24)25)8-15(16(14)22)29(26,27)28;;;;/h2-9,22-23H,1H3,(H,26,27,28);2-9,19,22H,1H3,(H,26,27,28);;;;/q;;+3;3*+1/p-4. The molecule has 0 spiro atoms. The van der Waals surface area contributed by atoms with Crippen molar-refractivity contribution in [2.24, 2.45) is 9.98 Å². The van der Waals surface area contributed by atoms with Crippen LogP contribution in [-0.4, -0.2) is 67.8 Å². The molecule has 0 saturated carbocycles. The Balaban J connectivity index is 0.000000582. The zero-order valence-electron chi connectivity index (χ0n) is 32.8. The fraction of sp³-hybridized carbons (Fsp3) is 0.0588. The van der Waals surface area contributed by atoms with Crippen LogP contribution in [0.15, 0.2) is 109 Å². The second-order valence-electron chi connectivity index (χ2n) is 11.7. The number of benzene rings is 4. The largest absolute Gasteiger partial charge is 3.00 e. The molecule has 2 N–H and O–H groups in total. The van der Waals surface area contributed by atoms with Crippen LogP contribution in [0, 0.1) is 34.1 Å². The summed E-state index contributed by atoms with van der Waals surface area (Å²) < 4.78 is 67.9. The van der Waals surface area contributed by atoms with E-state index in [0.717, 1.165) is 29.2 Å². The van der Waals surface area contributed by atoms with Gasteiger partial charge in [-0.05, 0) is 38.1 Å². The number of aryl methyl sites for hydroxylation is 2. The van der Waals surface area contributed by atoms with E-state index in [4.69, 9.17) is 4.55 Å². The third kappa shape index (κ3) is 13.0. The number of nitrogens with one attached hydrogen (secondary N) is 1. The first kappa shape index (κ1) is 56.0. The van der Waals surface area contributed by atoms with Gasteiger partial charge in [-0.1, -0.05) is 47.9 Å². The minimum Gasteiger partial charge on any atom is -0.870 e. The number of nitrogens with zero attached hydrogens (tertiary/aromatic N) is 7. The summed E-state index contributed by atoms with van der Waals surface area (Å²) in [6, 6.07) is 19.4. The molecule has 2 aromatic heterocycles. The maximum Gasteiger partial charge on any atom is 3.00 e. The Morgan fingerprint density at radius 3 is 1.61 bits per heavy atom. The van der Waals surface area contributed by atoms with E-state index in [1.807, 2.05) is 0 Å². The number of para-hydroxylation sites is 2. The molecule has 0 fully saturated rings. The second kappa shape index (κ2) is 23.1. The second-order valence-corrected chi connectivity index (χ2v) is 14.5. The van der Waals surface area contributed by atoms with E-state index in [0.29, 0.717) is 29.2 Å². The molecular formula is C34H24CrN8Na3O14S2+2. The monoisotopic (exact) mass is 953 g/mol. The third-order valence-corrected chi connectivity index (χ3v) is 9.57. The minimum absolute atomic E-state index is 0. The molecule has 0 aliphatic rings. The van der Waals surface area contributed by atoms with Crippen LogP contribution in [0.3, 0.4) is 0 Å². The minimum atomic E-state index is -5.26. The molecule has 0 atom stereocenters. The molecule has 6 rings (SSSR count). The zero-order valence-corrected chi connectivity index (χ0v) is 41.8. The van der Waals surface area contributed by atoms with Crippen molar-refractivity contribution in [2.75, 3.05) is 0 Å². The van der Waals surface area contributed by atoms with Gasteiger partial charge in [-0.2, -0.15) is 13.5 Å². The summed E-state index contributed by atoms with van der Waals surface area (Å²) in [4.78, 5) is 37.7. The van der Waals surface area contributed by atoms with Crippen LogP contribution in [-0.2, 0) is 37.6 Å². The third-order valence-electron chi connectivity index (χ3n) is 7.87. The van der Waals surface area contributed by atoms with Crippen molar-refractivity contribution in [1.29, 1.82) is 0 Å². The fourth-order valence-corrected chi connectivity index (χ4v) is 6.28. The first-order valence-electron chi connectivity index (χ1n) is 15.9. The quantitative estimate of drug-likeness (QED) is 0.0424. The van der Waals surface area contributed by atoms with Crippen LogP contribution in [0.1, 0.15) is 22.5 Å². The normalized spacial score (nSPS) is 11.0. The van der Waals surface area contributed by atoms with E-state index in [1.165, 1.54) is 11.6 Å². The Labute approximate surface area is 427 Å². The van der Waals surface area contributed by atoms with E-state index in [9.17, 15) is 61.7 Å². The number of aromatic amines is 1. The average molecular weight is 954 g/mol. The van der Waals surface area contributed by atoms with E-state index in [1.54, 1.807) is 67.6 Å². The van der Waals surface area contributed by atoms with Gasteiger partial charge in [0, 0.05) is 53.8 Å². The van der Waals surface area contributed by atoms with Crippen molar-refractivity contribution < 1.29 is 157 Å². The summed E-state index contributed by atoms with van der Waals surface area (Å²) in [5, 5.41) is 65.9. The molecule has 22 nitrogen and oxygen atoms in total. The molecule has 0 unspecified atom stereocenters. The molecule has 28 heteroatoms. The molecule has 1 radical (unpaired) electrons. The molecule has 6 aromatic rings. The van der Waals surface area contributed by atoms with Crippen molar-refractivity contribution >= 4 is 55.4 Å². The molecule has 0 saturated heterocycles. The Kier molecular flexibility index (Phi) is 20.8. The van der Waals surface area contributed by atoms with Crippen LogP contribution in [0.25, 0.3) is 11.4 Å². The van der Waals surface area contributed by atoms with Crippen molar-refractivity contribution in [2.45, 2.75) is 23.6 Å². The number of nitro groups is 2. The predicted octanol–water partition coefficient (Wildman–Crippen LogP) is -6.65. The van der Waals surface area contributed by atoms with E-state index < -0.39 is 85.6 Å². The van der Waals surface area contributed by atoms with Crippen LogP contribution < -0.4 is 110 Å². The fourth-order valence-electron chi connectivity index (χ4n) is 5.08. The van der Waals surface area contributed by atoms with Crippen LogP contribution in [0.5, 0.6) is 17.4 Å². The van der Waals surface area contributed by atoms with Crippen molar-refractivity contribution in [3.8, 4) is 28.8 Å². The molecule has 0 amide bonds. The van der Waals surface area contributed by atoms with Gasteiger partial charge in [-0.25, -0.2) is 17.8 Å². The number of non-ortho nitro benzene ring substituents is 2. The number of rotatable bonds is 10. The van der Waals surface area contributed by atoms with Gasteiger partial charge in [-0.15, -0.1) is 0 Å². The van der Waals surface area contributed by atoms with Crippen LogP contribution >= 0.6 is 0 Å². The van der Waals surface area contributed by atoms with Gasteiger partial charge in [0.25, 0.3) is 27.1 Å². The van der Waals surface area contributed by atoms with Crippen molar-refractivity contribution in [3.63, 3.8) is 0 Å². The van der Waals surface area contributed by atoms with Gasteiger partial charge in [0.1, 0.15) is 10.1 Å². The topological polar surface area (TPSA) is 347 Å². The molecular weight excluding hydrogens is 930 g/mol. The van der Waals surface area contributed by atoms with Crippen LogP contribution in [0.4, 0.5) is 22.7 Å². The number of hydrogen-bond donors (Lipinski definition) is 2. The summed E-state index contributed by atoms with van der Waals surface area (Å²) >= 11 is 0. The van der Waals surface area contributed by atoms with Gasteiger partial charge in [0.15, 0.2) is 0 Å². The van der Waals surface area contributed by atoms with E-state index in [-0.39, 0.29) is 123 Å². The van der Waals surface area contributed by atoms with Gasteiger partial charge in [-0.3, -0.25) is 44.7 Å². The maximum atomic E-state index is 12.6. The van der Waals surface area contributed by atoms with E-state index in [2.05, 4.69) is 20.2 Å². The summed E-state index contributed by atoms with van der Waals surface area (Å²) in [5.41, 5.74) is -1.58. The predicted molar refractivity (Wildman–Crippen MR) is 196 cm³/mol. The van der Waals surface area contributed by atoms with Crippen molar-refractivity contribution in [1.82, 2.24) is 19.6 Å². The Morgan fingerprint density at radius 2 is 1.16 bits per heavy atom. The molecule has 0 aliphatic carbocycles. The number of aromatic nitrogens is 4. The molecule has 0 bridgehead atoms. The van der Waals surface area contributed by atoms with Crippen LogP contribution in [0.2, 0.25) is 0 Å². The Hall–Kier alpha value is -4.01. The number of H-pyrrole nitrogens is 1.